The minimum atomic E-state index is -0.580. The number of hydrogen-bond acceptors (Lipinski definition) is 3. The van der Waals surface area contributed by atoms with Crippen LogP contribution in [0.5, 0.6) is 0 Å². The number of hydrogen-bond donors (Lipinski definition) is 1. The van der Waals surface area contributed by atoms with Gasteiger partial charge in [0.2, 0.25) is 5.91 Å². The van der Waals surface area contributed by atoms with Crippen molar-refractivity contribution >= 4 is 5.91 Å². The molecule has 1 atom stereocenters. The molecule has 0 radical (unpaired) electrons. The molecule has 0 aromatic heterocycles. The van der Waals surface area contributed by atoms with Crippen molar-refractivity contribution in [3.8, 4) is 0 Å². The summed E-state index contributed by atoms with van der Waals surface area (Å²) < 4.78 is 4.90. The minimum Gasteiger partial charge on any atom is -0.383 e. The van der Waals surface area contributed by atoms with Gasteiger partial charge in [0.05, 0.1) is 6.61 Å². The fraction of sp³-hybridized carbons (Fsp3) is 0.462. The van der Waals surface area contributed by atoms with Gasteiger partial charge in [-0.15, -0.1) is 0 Å². The van der Waals surface area contributed by atoms with E-state index in [1.54, 1.807) is 12.0 Å². The molecule has 0 aliphatic carbocycles. The molecular formula is C13H20N2O2. The molecule has 0 heterocycles. The summed E-state index contributed by atoms with van der Waals surface area (Å²) in [6.07, 6.45) is 0. The highest BCUT2D eigenvalue weighted by Gasteiger charge is 2.19. The van der Waals surface area contributed by atoms with E-state index in [1.807, 2.05) is 37.3 Å². The lowest BCUT2D eigenvalue weighted by Gasteiger charge is -2.24. The summed E-state index contributed by atoms with van der Waals surface area (Å²) in [6.45, 7) is 3.43. The first kappa shape index (κ1) is 13.7. The molecule has 1 aromatic carbocycles. The number of benzene rings is 1. The summed E-state index contributed by atoms with van der Waals surface area (Å²) in [4.78, 5) is 13.7. The summed E-state index contributed by atoms with van der Waals surface area (Å²) in [5.41, 5.74) is 6.85. The average Bonchev–Trinajstić information content (AvgIpc) is 2.36. The van der Waals surface area contributed by atoms with Crippen LogP contribution in [0.4, 0.5) is 0 Å². The SMILES string of the molecule is CCN(Cc1ccccc1)C(=O)C(N)COC. The van der Waals surface area contributed by atoms with E-state index in [2.05, 4.69) is 0 Å². The monoisotopic (exact) mass is 236 g/mol. The molecule has 0 saturated heterocycles. The predicted molar refractivity (Wildman–Crippen MR) is 67.4 cm³/mol. The number of ether oxygens (including phenoxy) is 1. The Bertz CT molecular complexity index is 341. The molecule has 0 saturated carbocycles. The Balaban J connectivity index is 2.62. The Kier molecular flexibility index (Phi) is 5.66. The molecule has 1 rings (SSSR count). The van der Waals surface area contributed by atoms with Crippen molar-refractivity contribution in [3.63, 3.8) is 0 Å². The molecule has 1 amide bonds. The fourth-order valence-electron chi connectivity index (χ4n) is 1.63. The van der Waals surface area contributed by atoms with Gasteiger partial charge < -0.3 is 15.4 Å². The van der Waals surface area contributed by atoms with Crippen molar-refractivity contribution in [2.45, 2.75) is 19.5 Å². The number of nitrogens with zero attached hydrogens (tertiary/aromatic N) is 1. The molecule has 0 aliphatic rings. The number of carbonyl (C=O) groups excluding carboxylic acids is 1. The third kappa shape index (κ3) is 4.17. The summed E-state index contributed by atoms with van der Waals surface area (Å²) in [6, 6.07) is 9.29. The molecule has 4 heteroatoms. The van der Waals surface area contributed by atoms with Crippen molar-refractivity contribution in [1.29, 1.82) is 0 Å². The lowest BCUT2D eigenvalue weighted by molar-refractivity contribution is -0.134. The van der Waals surface area contributed by atoms with Crippen LogP contribution in [0, 0.1) is 0 Å². The summed E-state index contributed by atoms with van der Waals surface area (Å²) in [5.74, 6) is -0.0711. The lowest BCUT2D eigenvalue weighted by atomic mass is 10.2. The van der Waals surface area contributed by atoms with E-state index in [4.69, 9.17) is 10.5 Å². The summed E-state index contributed by atoms with van der Waals surface area (Å²) in [7, 11) is 1.54. The van der Waals surface area contributed by atoms with Crippen LogP contribution in [-0.4, -0.2) is 37.1 Å². The van der Waals surface area contributed by atoms with Gasteiger partial charge in [0.1, 0.15) is 6.04 Å². The quantitative estimate of drug-likeness (QED) is 0.802. The van der Waals surface area contributed by atoms with Crippen LogP contribution < -0.4 is 5.73 Å². The van der Waals surface area contributed by atoms with Crippen molar-refractivity contribution in [3.05, 3.63) is 35.9 Å². The maximum absolute atomic E-state index is 12.0. The van der Waals surface area contributed by atoms with Crippen LogP contribution in [0.25, 0.3) is 0 Å². The topological polar surface area (TPSA) is 55.6 Å². The van der Waals surface area contributed by atoms with Crippen LogP contribution in [0.2, 0.25) is 0 Å². The van der Waals surface area contributed by atoms with Crippen LogP contribution in [-0.2, 0) is 16.1 Å². The molecule has 0 aliphatic heterocycles. The van der Waals surface area contributed by atoms with Gasteiger partial charge >= 0.3 is 0 Å². The third-order valence-corrected chi connectivity index (χ3v) is 2.57. The molecule has 4 nitrogen and oxygen atoms in total. The van der Waals surface area contributed by atoms with Crippen LogP contribution in [0.15, 0.2) is 30.3 Å². The van der Waals surface area contributed by atoms with E-state index in [-0.39, 0.29) is 12.5 Å². The highest BCUT2D eigenvalue weighted by atomic mass is 16.5. The van der Waals surface area contributed by atoms with Crippen molar-refractivity contribution < 1.29 is 9.53 Å². The number of carbonyl (C=O) groups is 1. The molecule has 17 heavy (non-hydrogen) atoms. The predicted octanol–water partition coefficient (Wildman–Crippen LogP) is 1.01. The summed E-state index contributed by atoms with van der Waals surface area (Å²) >= 11 is 0. The fourth-order valence-corrected chi connectivity index (χ4v) is 1.63. The van der Waals surface area contributed by atoms with Crippen molar-refractivity contribution in [2.75, 3.05) is 20.3 Å². The Morgan fingerprint density at radius 1 is 1.41 bits per heavy atom. The molecule has 1 unspecified atom stereocenters. The zero-order valence-corrected chi connectivity index (χ0v) is 10.4. The standard InChI is InChI=1S/C13H20N2O2/c1-3-15(13(16)12(14)10-17-2)9-11-7-5-4-6-8-11/h4-8,12H,3,9-10,14H2,1-2H3. The largest absolute Gasteiger partial charge is 0.383 e. The van der Waals surface area contributed by atoms with Gasteiger partial charge in [-0.05, 0) is 12.5 Å². The summed E-state index contributed by atoms with van der Waals surface area (Å²) in [5, 5.41) is 0. The van der Waals surface area contributed by atoms with E-state index in [0.717, 1.165) is 5.56 Å². The Labute approximate surface area is 102 Å². The molecular weight excluding hydrogens is 216 g/mol. The third-order valence-electron chi connectivity index (χ3n) is 2.57. The van der Waals surface area contributed by atoms with Gasteiger partial charge in [-0.3, -0.25) is 4.79 Å². The van der Waals surface area contributed by atoms with Crippen molar-refractivity contribution in [2.24, 2.45) is 5.73 Å². The normalized spacial score (nSPS) is 12.2. The lowest BCUT2D eigenvalue weighted by Crippen LogP contribution is -2.45. The van der Waals surface area contributed by atoms with Crippen LogP contribution >= 0.6 is 0 Å². The molecule has 94 valence electrons. The zero-order valence-electron chi connectivity index (χ0n) is 10.4. The Hall–Kier alpha value is -1.39. The highest BCUT2D eigenvalue weighted by Crippen LogP contribution is 2.05. The van der Waals surface area contributed by atoms with Gasteiger partial charge in [-0.1, -0.05) is 30.3 Å². The maximum Gasteiger partial charge on any atom is 0.242 e. The number of rotatable bonds is 6. The molecule has 0 fully saturated rings. The van der Waals surface area contributed by atoms with E-state index in [9.17, 15) is 4.79 Å². The minimum absolute atomic E-state index is 0.0711. The highest BCUT2D eigenvalue weighted by molar-refractivity contribution is 5.81. The number of nitrogens with two attached hydrogens (primary N) is 1. The second-order valence-electron chi connectivity index (χ2n) is 3.90. The Morgan fingerprint density at radius 3 is 2.59 bits per heavy atom. The van der Waals surface area contributed by atoms with E-state index in [1.165, 1.54) is 0 Å². The number of amides is 1. The zero-order chi connectivity index (χ0) is 12.7. The van der Waals surface area contributed by atoms with Gasteiger partial charge in [-0.25, -0.2) is 0 Å². The van der Waals surface area contributed by atoms with Gasteiger partial charge in [0.15, 0.2) is 0 Å². The first-order valence-corrected chi connectivity index (χ1v) is 5.76. The average molecular weight is 236 g/mol. The first-order valence-electron chi connectivity index (χ1n) is 5.76. The first-order chi connectivity index (χ1) is 8.19. The Morgan fingerprint density at radius 2 is 2.06 bits per heavy atom. The van der Waals surface area contributed by atoms with Gasteiger partial charge in [-0.2, -0.15) is 0 Å². The van der Waals surface area contributed by atoms with Gasteiger partial charge in [0.25, 0.3) is 0 Å². The number of methoxy groups -OCH3 is 1. The molecule has 0 spiro atoms. The smallest absolute Gasteiger partial charge is 0.242 e. The second-order valence-corrected chi connectivity index (χ2v) is 3.90. The van der Waals surface area contributed by atoms with E-state index in [0.29, 0.717) is 13.1 Å². The van der Waals surface area contributed by atoms with Crippen LogP contribution in [0.1, 0.15) is 12.5 Å². The van der Waals surface area contributed by atoms with E-state index >= 15 is 0 Å². The number of likely N-dealkylation sites (N-methyl/N-ethyl adjacent to an activating group) is 1. The molecule has 0 bridgehead atoms. The van der Waals surface area contributed by atoms with Gasteiger partial charge in [0, 0.05) is 20.2 Å². The van der Waals surface area contributed by atoms with Crippen molar-refractivity contribution in [1.82, 2.24) is 4.90 Å². The second kappa shape index (κ2) is 7.04. The molecule has 1 aromatic rings. The van der Waals surface area contributed by atoms with Crippen LogP contribution in [0.3, 0.4) is 0 Å². The maximum atomic E-state index is 12.0. The molecule has 2 N–H and O–H groups in total. The van der Waals surface area contributed by atoms with E-state index < -0.39 is 6.04 Å².